The van der Waals surface area contributed by atoms with E-state index in [9.17, 15) is 9.90 Å². The summed E-state index contributed by atoms with van der Waals surface area (Å²) in [6, 6.07) is 6.22. The van der Waals surface area contributed by atoms with E-state index in [4.69, 9.17) is 0 Å². The third-order valence-electron chi connectivity index (χ3n) is 5.25. The summed E-state index contributed by atoms with van der Waals surface area (Å²) in [5, 5.41) is 9.18. The Morgan fingerprint density at radius 1 is 1.35 bits per heavy atom. The largest absolute Gasteiger partial charge is 0.478 e. The molecular formula is C17H23NO2. The Morgan fingerprint density at radius 3 is 2.65 bits per heavy atom. The number of aromatic carboxylic acids is 1. The van der Waals surface area contributed by atoms with Crippen molar-refractivity contribution in [2.24, 2.45) is 5.92 Å². The Morgan fingerprint density at radius 2 is 2.05 bits per heavy atom. The zero-order valence-electron chi connectivity index (χ0n) is 12.3. The smallest absolute Gasteiger partial charge is 0.335 e. The minimum absolute atomic E-state index is 0.400. The van der Waals surface area contributed by atoms with E-state index >= 15 is 0 Å². The molecule has 1 aromatic carbocycles. The molecule has 0 radical (unpaired) electrons. The summed E-state index contributed by atoms with van der Waals surface area (Å²) in [5.74, 6) is 0.531. The fourth-order valence-electron chi connectivity index (χ4n) is 4.30. The zero-order chi connectivity index (χ0) is 14.3. The van der Waals surface area contributed by atoms with Gasteiger partial charge in [0.25, 0.3) is 0 Å². The van der Waals surface area contributed by atoms with Gasteiger partial charge in [-0.2, -0.15) is 0 Å². The van der Waals surface area contributed by atoms with Crippen molar-refractivity contribution in [2.75, 3.05) is 11.9 Å². The van der Waals surface area contributed by atoms with E-state index in [1.165, 1.54) is 31.2 Å². The molecule has 108 valence electrons. The molecular weight excluding hydrogens is 250 g/mol. The summed E-state index contributed by atoms with van der Waals surface area (Å²) in [7, 11) is 2.12. The van der Waals surface area contributed by atoms with Crippen LogP contribution >= 0.6 is 0 Å². The number of likely N-dealkylation sites (N-methyl/N-ethyl adjacent to an activating group) is 1. The van der Waals surface area contributed by atoms with Crippen LogP contribution in [-0.4, -0.2) is 24.2 Å². The van der Waals surface area contributed by atoms with Crippen LogP contribution in [0.1, 0.15) is 60.9 Å². The van der Waals surface area contributed by atoms with Crippen LogP contribution in [-0.2, 0) is 0 Å². The van der Waals surface area contributed by atoms with Gasteiger partial charge >= 0.3 is 5.97 Å². The van der Waals surface area contributed by atoms with Gasteiger partial charge in [-0.25, -0.2) is 4.79 Å². The first-order chi connectivity index (χ1) is 9.63. The zero-order valence-corrected chi connectivity index (χ0v) is 12.3. The van der Waals surface area contributed by atoms with E-state index in [0.29, 0.717) is 17.5 Å². The van der Waals surface area contributed by atoms with Gasteiger partial charge in [0.1, 0.15) is 0 Å². The van der Waals surface area contributed by atoms with Crippen molar-refractivity contribution in [1.29, 1.82) is 0 Å². The molecule has 0 amide bonds. The minimum atomic E-state index is -0.835. The van der Waals surface area contributed by atoms with Gasteiger partial charge in [0, 0.05) is 24.7 Å². The average molecular weight is 273 g/mol. The van der Waals surface area contributed by atoms with Crippen molar-refractivity contribution < 1.29 is 9.90 Å². The standard InChI is InChI=1S/C17H23NO2/c1-3-14-16(11-6-4-5-7-11)13-9-8-12(17(19)20)10-15(13)18(14)2/h8-11,14,16H,3-7H2,1-2H3,(H,19,20). The summed E-state index contributed by atoms with van der Waals surface area (Å²) in [6.45, 7) is 2.24. The van der Waals surface area contributed by atoms with E-state index in [1.54, 1.807) is 6.07 Å². The monoisotopic (exact) mass is 273 g/mol. The van der Waals surface area contributed by atoms with Crippen LogP contribution in [0.15, 0.2) is 18.2 Å². The first kappa shape index (κ1) is 13.5. The number of carbonyl (C=O) groups is 1. The van der Waals surface area contributed by atoms with Crippen molar-refractivity contribution in [2.45, 2.75) is 51.0 Å². The fourth-order valence-corrected chi connectivity index (χ4v) is 4.30. The van der Waals surface area contributed by atoms with Crippen LogP contribution < -0.4 is 4.90 Å². The molecule has 1 heterocycles. The highest BCUT2D eigenvalue weighted by atomic mass is 16.4. The first-order valence-electron chi connectivity index (χ1n) is 7.73. The highest BCUT2D eigenvalue weighted by Gasteiger charge is 2.41. The number of anilines is 1. The van der Waals surface area contributed by atoms with Gasteiger partial charge in [0.15, 0.2) is 0 Å². The van der Waals surface area contributed by atoms with Crippen molar-refractivity contribution in [3.8, 4) is 0 Å². The van der Waals surface area contributed by atoms with Gasteiger partial charge in [-0.1, -0.05) is 25.8 Å². The summed E-state index contributed by atoms with van der Waals surface area (Å²) < 4.78 is 0. The summed E-state index contributed by atoms with van der Waals surface area (Å²) in [6.07, 6.45) is 6.48. The molecule has 20 heavy (non-hydrogen) atoms. The summed E-state index contributed by atoms with van der Waals surface area (Å²) in [4.78, 5) is 13.5. The van der Waals surface area contributed by atoms with Gasteiger partial charge in [-0.05, 0) is 42.9 Å². The second-order valence-electron chi connectivity index (χ2n) is 6.24. The van der Waals surface area contributed by atoms with Crippen LogP contribution in [0.2, 0.25) is 0 Å². The quantitative estimate of drug-likeness (QED) is 0.908. The SMILES string of the molecule is CCC1C(C2CCCC2)c2ccc(C(=O)O)cc2N1C. The van der Waals surface area contributed by atoms with E-state index in [2.05, 4.69) is 24.9 Å². The molecule has 0 spiro atoms. The molecule has 2 unspecified atom stereocenters. The molecule has 1 aliphatic carbocycles. The Hall–Kier alpha value is -1.51. The van der Waals surface area contributed by atoms with Crippen LogP contribution in [0.4, 0.5) is 5.69 Å². The lowest BCUT2D eigenvalue weighted by atomic mass is 9.81. The highest BCUT2D eigenvalue weighted by Crippen LogP contribution is 2.49. The molecule has 1 fully saturated rings. The van der Waals surface area contributed by atoms with Crippen LogP contribution in [0.25, 0.3) is 0 Å². The number of carboxylic acid groups (broad SMARTS) is 1. The number of fused-ring (bicyclic) bond motifs is 1. The fraction of sp³-hybridized carbons (Fsp3) is 0.588. The molecule has 1 aliphatic heterocycles. The Kier molecular flexibility index (Phi) is 3.45. The molecule has 2 atom stereocenters. The maximum absolute atomic E-state index is 11.2. The number of nitrogens with zero attached hydrogens (tertiary/aromatic N) is 1. The molecule has 0 bridgehead atoms. The molecule has 3 heteroatoms. The molecule has 0 saturated heterocycles. The molecule has 1 aromatic rings. The van der Waals surface area contributed by atoms with Gasteiger partial charge in [-0.3, -0.25) is 0 Å². The predicted octanol–water partition coefficient (Wildman–Crippen LogP) is 3.89. The first-order valence-corrected chi connectivity index (χ1v) is 7.73. The van der Waals surface area contributed by atoms with Crippen LogP contribution in [0, 0.1) is 5.92 Å². The summed E-state index contributed by atoms with van der Waals surface area (Å²) >= 11 is 0. The van der Waals surface area contributed by atoms with Crippen LogP contribution in [0.5, 0.6) is 0 Å². The maximum atomic E-state index is 11.2. The Balaban J connectivity index is 2.02. The predicted molar refractivity (Wildman–Crippen MR) is 80.6 cm³/mol. The number of carboxylic acids is 1. The van der Waals surface area contributed by atoms with Gasteiger partial charge in [0.2, 0.25) is 0 Å². The second-order valence-corrected chi connectivity index (χ2v) is 6.24. The van der Waals surface area contributed by atoms with Crippen molar-refractivity contribution in [3.63, 3.8) is 0 Å². The molecule has 0 aromatic heterocycles. The number of hydrogen-bond acceptors (Lipinski definition) is 2. The lowest BCUT2D eigenvalue weighted by Gasteiger charge is -2.29. The van der Waals surface area contributed by atoms with Crippen molar-refractivity contribution >= 4 is 11.7 Å². The second kappa shape index (κ2) is 5.12. The van der Waals surface area contributed by atoms with Crippen molar-refractivity contribution in [1.82, 2.24) is 0 Å². The molecule has 1 saturated carbocycles. The van der Waals surface area contributed by atoms with E-state index in [-0.39, 0.29) is 0 Å². The summed E-state index contributed by atoms with van der Waals surface area (Å²) in [5.41, 5.74) is 2.91. The van der Waals surface area contributed by atoms with E-state index < -0.39 is 5.97 Å². The highest BCUT2D eigenvalue weighted by molar-refractivity contribution is 5.89. The maximum Gasteiger partial charge on any atom is 0.335 e. The topological polar surface area (TPSA) is 40.5 Å². The normalized spacial score (nSPS) is 26.0. The lowest BCUT2D eigenvalue weighted by Crippen LogP contribution is -2.32. The van der Waals surface area contributed by atoms with Crippen LogP contribution in [0.3, 0.4) is 0 Å². The third-order valence-corrected chi connectivity index (χ3v) is 5.25. The van der Waals surface area contributed by atoms with Crippen molar-refractivity contribution in [3.05, 3.63) is 29.3 Å². The van der Waals surface area contributed by atoms with Gasteiger partial charge < -0.3 is 10.0 Å². The minimum Gasteiger partial charge on any atom is -0.478 e. The number of hydrogen-bond donors (Lipinski definition) is 1. The Labute approximate surface area is 120 Å². The molecule has 3 nitrogen and oxygen atoms in total. The molecule has 2 aliphatic rings. The Bertz CT molecular complexity index is 520. The van der Waals surface area contributed by atoms with E-state index in [1.807, 2.05) is 6.07 Å². The van der Waals surface area contributed by atoms with Gasteiger partial charge in [-0.15, -0.1) is 0 Å². The average Bonchev–Trinajstić information content (AvgIpc) is 3.04. The lowest BCUT2D eigenvalue weighted by molar-refractivity contribution is 0.0697. The molecule has 3 rings (SSSR count). The number of benzene rings is 1. The third kappa shape index (κ3) is 2.00. The van der Waals surface area contributed by atoms with Gasteiger partial charge in [0.05, 0.1) is 5.56 Å². The molecule has 1 N–H and O–H groups in total. The van der Waals surface area contributed by atoms with E-state index in [0.717, 1.165) is 18.0 Å². The number of rotatable bonds is 3.